The molecule has 6 nitrogen and oxygen atoms in total. The molecule has 84 valence electrons. The molecule has 0 radical (unpaired) electrons. The van der Waals surface area contributed by atoms with E-state index in [4.69, 9.17) is 5.11 Å². The Morgan fingerprint density at radius 1 is 1.24 bits per heavy atom. The van der Waals surface area contributed by atoms with Crippen molar-refractivity contribution in [3.63, 3.8) is 0 Å². The van der Waals surface area contributed by atoms with E-state index in [0.29, 0.717) is 10.8 Å². The van der Waals surface area contributed by atoms with Gasteiger partial charge in [-0.1, -0.05) is 41.7 Å². The summed E-state index contributed by atoms with van der Waals surface area (Å²) in [5.41, 5.74) is 0.849. The number of hydrogen-bond donors (Lipinski definition) is 1. The lowest BCUT2D eigenvalue weighted by Gasteiger charge is -1.94. The zero-order valence-electron chi connectivity index (χ0n) is 8.44. The van der Waals surface area contributed by atoms with Gasteiger partial charge in [-0.2, -0.15) is 4.52 Å². The van der Waals surface area contributed by atoms with Crippen LogP contribution < -0.4 is 0 Å². The molecular formula is C10H6N4O2S. The van der Waals surface area contributed by atoms with Gasteiger partial charge in [0.25, 0.3) is 0 Å². The fraction of sp³-hybridized carbons (Fsp3) is 0. The van der Waals surface area contributed by atoms with Gasteiger partial charge in [-0.05, 0) is 0 Å². The molecule has 2 heterocycles. The van der Waals surface area contributed by atoms with Crippen LogP contribution >= 0.6 is 11.3 Å². The van der Waals surface area contributed by atoms with Crippen LogP contribution in [0.3, 0.4) is 0 Å². The quantitative estimate of drug-likeness (QED) is 0.742. The first kappa shape index (κ1) is 9.91. The summed E-state index contributed by atoms with van der Waals surface area (Å²) >= 11 is 1.000. The van der Waals surface area contributed by atoms with Crippen LogP contribution in [0.25, 0.3) is 16.3 Å². The SMILES string of the molecule is O=C(O)c1nn2c(-c3ccccc3)nnc2s1. The smallest absolute Gasteiger partial charge is 0.367 e. The van der Waals surface area contributed by atoms with Crippen LogP contribution in [0, 0.1) is 0 Å². The number of fused-ring (bicyclic) bond motifs is 1. The van der Waals surface area contributed by atoms with Crippen LogP contribution in [0.4, 0.5) is 0 Å². The summed E-state index contributed by atoms with van der Waals surface area (Å²) in [6.45, 7) is 0. The Bertz CT molecular complexity index is 689. The Labute approximate surface area is 99.2 Å². The van der Waals surface area contributed by atoms with E-state index in [1.807, 2.05) is 30.3 Å². The van der Waals surface area contributed by atoms with E-state index in [1.54, 1.807) is 0 Å². The average Bonchev–Trinajstić information content (AvgIpc) is 2.89. The zero-order chi connectivity index (χ0) is 11.8. The molecule has 2 aromatic heterocycles. The Morgan fingerprint density at radius 2 is 2.00 bits per heavy atom. The van der Waals surface area contributed by atoms with E-state index in [9.17, 15) is 4.79 Å². The Morgan fingerprint density at radius 3 is 2.71 bits per heavy atom. The van der Waals surface area contributed by atoms with Crippen LogP contribution in [-0.2, 0) is 0 Å². The van der Waals surface area contributed by atoms with Gasteiger partial charge in [0.1, 0.15) is 0 Å². The first-order chi connectivity index (χ1) is 8.25. The third kappa shape index (κ3) is 1.56. The van der Waals surface area contributed by atoms with Gasteiger partial charge >= 0.3 is 5.97 Å². The predicted octanol–water partition coefficient (Wildman–Crippen LogP) is 1.55. The molecule has 0 spiro atoms. The van der Waals surface area contributed by atoms with Crippen molar-refractivity contribution >= 4 is 22.3 Å². The minimum Gasteiger partial charge on any atom is -0.476 e. The molecule has 0 fully saturated rings. The molecule has 0 amide bonds. The summed E-state index contributed by atoms with van der Waals surface area (Å²) in [7, 11) is 0. The van der Waals surface area contributed by atoms with Crippen molar-refractivity contribution in [2.75, 3.05) is 0 Å². The van der Waals surface area contributed by atoms with Crippen LogP contribution in [0.2, 0.25) is 0 Å². The molecule has 0 saturated carbocycles. The topological polar surface area (TPSA) is 80.4 Å². The summed E-state index contributed by atoms with van der Waals surface area (Å²) < 4.78 is 1.45. The molecule has 0 aliphatic rings. The fourth-order valence-corrected chi connectivity index (χ4v) is 2.15. The van der Waals surface area contributed by atoms with Crippen molar-refractivity contribution in [3.8, 4) is 11.4 Å². The lowest BCUT2D eigenvalue weighted by molar-refractivity contribution is 0.0695. The van der Waals surface area contributed by atoms with E-state index in [2.05, 4.69) is 15.3 Å². The predicted molar refractivity (Wildman–Crippen MR) is 61.1 cm³/mol. The summed E-state index contributed by atoms with van der Waals surface area (Å²) in [4.78, 5) is 11.3. The van der Waals surface area contributed by atoms with Gasteiger partial charge in [0.15, 0.2) is 5.82 Å². The molecule has 0 bridgehead atoms. The second-order valence-corrected chi connectivity index (χ2v) is 4.25. The van der Waals surface area contributed by atoms with Gasteiger partial charge in [0.05, 0.1) is 0 Å². The van der Waals surface area contributed by atoms with Crippen LogP contribution in [0.15, 0.2) is 30.3 Å². The minimum atomic E-state index is -1.06. The molecule has 7 heteroatoms. The summed E-state index contributed by atoms with van der Waals surface area (Å²) in [5.74, 6) is -0.510. The van der Waals surface area contributed by atoms with Crippen molar-refractivity contribution in [2.45, 2.75) is 0 Å². The molecule has 0 unspecified atom stereocenters. The van der Waals surface area contributed by atoms with Crippen molar-refractivity contribution < 1.29 is 9.90 Å². The van der Waals surface area contributed by atoms with Crippen molar-refractivity contribution in [3.05, 3.63) is 35.3 Å². The molecule has 3 rings (SSSR count). The molecule has 1 aromatic carbocycles. The largest absolute Gasteiger partial charge is 0.476 e. The van der Waals surface area contributed by atoms with Crippen LogP contribution in [0.1, 0.15) is 9.80 Å². The number of aromatic nitrogens is 4. The number of hydrogen-bond acceptors (Lipinski definition) is 5. The maximum Gasteiger partial charge on any atom is 0.367 e. The Hall–Kier alpha value is -2.28. The number of benzene rings is 1. The van der Waals surface area contributed by atoms with E-state index in [-0.39, 0.29) is 5.01 Å². The molecule has 0 aliphatic heterocycles. The number of carboxylic acid groups (broad SMARTS) is 1. The van der Waals surface area contributed by atoms with Gasteiger partial charge in [-0.3, -0.25) is 0 Å². The second-order valence-electron chi connectivity index (χ2n) is 3.30. The van der Waals surface area contributed by atoms with E-state index >= 15 is 0 Å². The normalized spacial score (nSPS) is 10.8. The van der Waals surface area contributed by atoms with Crippen molar-refractivity contribution in [1.82, 2.24) is 19.8 Å². The highest BCUT2D eigenvalue weighted by Gasteiger charge is 2.16. The third-order valence-electron chi connectivity index (χ3n) is 2.21. The number of carbonyl (C=O) groups is 1. The highest BCUT2D eigenvalue weighted by Crippen LogP contribution is 2.20. The number of rotatable bonds is 2. The lowest BCUT2D eigenvalue weighted by atomic mass is 10.2. The zero-order valence-corrected chi connectivity index (χ0v) is 9.26. The minimum absolute atomic E-state index is 0.00656. The standard InChI is InChI=1S/C10H6N4O2S/c15-9(16)8-13-14-7(11-12-10(14)17-8)6-4-2-1-3-5-6/h1-5H,(H,15,16). The molecule has 0 aliphatic carbocycles. The van der Waals surface area contributed by atoms with Gasteiger partial charge < -0.3 is 5.11 Å². The number of carboxylic acids is 1. The monoisotopic (exact) mass is 246 g/mol. The van der Waals surface area contributed by atoms with E-state index in [0.717, 1.165) is 16.9 Å². The number of nitrogens with zero attached hydrogens (tertiary/aromatic N) is 4. The maximum atomic E-state index is 10.8. The average molecular weight is 246 g/mol. The van der Waals surface area contributed by atoms with Crippen LogP contribution in [0.5, 0.6) is 0 Å². The summed E-state index contributed by atoms with van der Waals surface area (Å²) in [5, 5.41) is 20.7. The first-order valence-corrected chi connectivity index (χ1v) is 5.58. The summed E-state index contributed by atoms with van der Waals surface area (Å²) in [6, 6.07) is 9.39. The highest BCUT2D eigenvalue weighted by molar-refractivity contribution is 7.18. The molecule has 3 aromatic rings. The van der Waals surface area contributed by atoms with Gasteiger partial charge in [-0.25, -0.2) is 4.79 Å². The van der Waals surface area contributed by atoms with Gasteiger partial charge in [0, 0.05) is 5.56 Å². The van der Waals surface area contributed by atoms with Crippen molar-refractivity contribution in [1.29, 1.82) is 0 Å². The second kappa shape index (κ2) is 3.63. The molecule has 0 saturated heterocycles. The van der Waals surface area contributed by atoms with Crippen molar-refractivity contribution in [2.24, 2.45) is 0 Å². The van der Waals surface area contributed by atoms with E-state index in [1.165, 1.54) is 4.52 Å². The lowest BCUT2D eigenvalue weighted by Crippen LogP contribution is -1.98. The third-order valence-corrected chi connectivity index (χ3v) is 3.09. The molecule has 0 atom stereocenters. The first-order valence-electron chi connectivity index (χ1n) is 4.76. The van der Waals surface area contributed by atoms with Crippen LogP contribution in [-0.4, -0.2) is 30.9 Å². The Kier molecular flexibility index (Phi) is 2.12. The summed E-state index contributed by atoms with van der Waals surface area (Å²) in [6.07, 6.45) is 0. The van der Waals surface area contributed by atoms with Gasteiger partial charge in [-0.15, -0.1) is 15.3 Å². The van der Waals surface area contributed by atoms with E-state index < -0.39 is 5.97 Å². The molecular weight excluding hydrogens is 240 g/mol. The molecule has 17 heavy (non-hydrogen) atoms. The highest BCUT2D eigenvalue weighted by atomic mass is 32.1. The molecule has 1 N–H and O–H groups in total. The van der Waals surface area contributed by atoms with Gasteiger partial charge in [0.2, 0.25) is 9.97 Å². The fourth-order valence-electron chi connectivity index (χ4n) is 1.47. The number of aromatic carboxylic acids is 1. The maximum absolute atomic E-state index is 10.8. The Balaban J connectivity index is 2.21.